The molecule has 0 fully saturated rings. The minimum absolute atomic E-state index is 0.242. The molecule has 0 saturated carbocycles. The van der Waals surface area contributed by atoms with E-state index in [-0.39, 0.29) is 12.3 Å². The van der Waals surface area contributed by atoms with Gasteiger partial charge in [0.15, 0.2) is 5.69 Å². The van der Waals surface area contributed by atoms with Gasteiger partial charge in [0.25, 0.3) is 0 Å². The first-order valence-corrected chi connectivity index (χ1v) is 13.3. The number of esters is 3. The number of benzene rings is 2. The second-order valence-corrected chi connectivity index (χ2v) is 10.1. The quantitative estimate of drug-likeness (QED) is 0.276. The molecule has 0 bridgehead atoms. The molecule has 0 aliphatic carbocycles. The van der Waals surface area contributed by atoms with Crippen molar-refractivity contribution >= 4 is 35.0 Å². The van der Waals surface area contributed by atoms with Crippen molar-refractivity contribution in [2.75, 3.05) is 20.8 Å². The Hall–Kier alpha value is -4.11. The Morgan fingerprint density at radius 2 is 1.69 bits per heavy atom. The molecule has 4 rings (SSSR count). The second kappa shape index (κ2) is 12.2. The number of aromatic nitrogens is 1. The fraction of sp³-hybridized carbons (Fsp3) is 0.300. The van der Waals surface area contributed by atoms with Gasteiger partial charge in [0, 0.05) is 34.2 Å². The van der Waals surface area contributed by atoms with Gasteiger partial charge in [0.2, 0.25) is 0 Å². The molecule has 0 amide bonds. The van der Waals surface area contributed by atoms with Crippen molar-refractivity contribution < 1.29 is 28.6 Å². The molecule has 1 aliphatic heterocycles. The van der Waals surface area contributed by atoms with Crippen LogP contribution in [0.4, 0.5) is 0 Å². The van der Waals surface area contributed by atoms with Crippen LogP contribution in [0.5, 0.6) is 0 Å². The number of ether oxygens (including phenoxy) is 3. The summed E-state index contributed by atoms with van der Waals surface area (Å²) in [6, 6.07) is 17.3. The van der Waals surface area contributed by atoms with Gasteiger partial charge in [-0.3, -0.25) is 9.79 Å². The lowest BCUT2D eigenvalue weighted by molar-refractivity contribution is -0.143. The molecule has 0 spiro atoms. The number of methoxy groups -OCH3 is 2. The van der Waals surface area contributed by atoms with E-state index in [1.54, 1.807) is 20.8 Å². The van der Waals surface area contributed by atoms with Crippen LogP contribution in [0, 0.1) is 5.92 Å². The Labute approximate surface area is 231 Å². The number of carbonyl (C=O) groups is 3. The summed E-state index contributed by atoms with van der Waals surface area (Å²) in [5.74, 6) is -3.00. The summed E-state index contributed by atoms with van der Waals surface area (Å²) in [4.78, 5) is 48.5. The van der Waals surface area contributed by atoms with Gasteiger partial charge < -0.3 is 14.2 Å². The number of rotatable bonds is 8. The predicted molar refractivity (Wildman–Crippen MR) is 149 cm³/mol. The Morgan fingerprint density at radius 1 is 0.949 bits per heavy atom. The SMILES string of the molecule is CCOC(=O)c1nc(-c2cccc(C3C(C(=O)OC)=C(C)N=C(C)C3C(=O)OC)c2)sc1Cc1ccccc1. The molecule has 0 radical (unpaired) electrons. The second-order valence-electron chi connectivity index (χ2n) is 9.02. The number of nitrogens with zero attached hydrogens (tertiary/aromatic N) is 2. The monoisotopic (exact) mass is 546 g/mol. The van der Waals surface area contributed by atoms with Gasteiger partial charge in [-0.15, -0.1) is 11.3 Å². The van der Waals surface area contributed by atoms with Crippen LogP contribution in [0.2, 0.25) is 0 Å². The number of aliphatic imine (C=N–C) groups is 1. The zero-order valence-corrected chi connectivity index (χ0v) is 23.3. The van der Waals surface area contributed by atoms with Gasteiger partial charge in [0.05, 0.1) is 26.4 Å². The zero-order chi connectivity index (χ0) is 28.1. The fourth-order valence-electron chi connectivity index (χ4n) is 4.80. The van der Waals surface area contributed by atoms with E-state index in [4.69, 9.17) is 14.2 Å². The maximum atomic E-state index is 12.9. The van der Waals surface area contributed by atoms with Crippen molar-refractivity contribution in [3.63, 3.8) is 0 Å². The summed E-state index contributed by atoms with van der Waals surface area (Å²) < 4.78 is 15.4. The molecule has 2 heterocycles. The third kappa shape index (κ3) is 5.83. The first-order valence-electron chi connectivity index (χ1n) is 12.5. The summed E-state index contributed by atoms with van der Waals surface area (Å²) in [5.41, 5.74) is 4.11. The third-order valence-corrected chi connectivity index (χ3v) is 7.66. The molecule has 1 aliphatic rings. The maximum Gasteiger partial charge on any atom is 0.358 e. The predicted octanol–water partition coefficient (Wildman–Crippen LogP) is 5.37. The van der Waals surface area contributed by atoms with Crippen LogP contribution in [0.1, 0.15) is 53.2 Å². The summed E-state index contributed by atoms with van der Waals surface area (Å²) in [6.45, 7) is 5.47. The summed E-state index contributed by atoms with van der Waals surface area (Å²) in [5, 5.41) is 0.627. The van der Waals surface area contributed by atoms with Gasteiger partial charge in [-0.2, -0.15) is 0 Å². The molecule has 2 atom stereocenters. The fourth-order valence-corrected chi connectivity index (χ4v) is 5.88. The van der Waals surface area contributed by atoms with Crippen LogP contribution in [0.25, 0.3) is 10.6 Å². The molecule has 39 heavy (non-hydrogen) atoms. The van der Waals surface area contributed by atoms with Crippen LogP contribution in [-0.2, 0) is 30.2 Å². The van der Waals surface area contributed by atoms with E-state index in [0.717, 1.165) is 16.0 Å². The largest absolute Gasteiger partial charge is 0.468 e. The minimum atomic E-state index is -0.803. The highest BCUT2D eigenvalue weighted by Gasteiger charge is 2.42. The number of carbonyl (C=O) groups excluding carboxylic acids is 3. The van der Waals surface area contributed by atoms with Gasteiger partial charge in [-0.25, -0.2) is 14.6 Å². The van der Waals surface area contributed by atoms with Crippen molar-refractivity contribution in [2.24, 2.45) is 10.9 Å². The van der Waals surface area contributed by atoms with Crippen LogP contribution in [0.3, 0.4) is 0 Å². The molecule has 1 aromatic heterocycles. The van der Waals surface area contributed by atoms with Gasteiger partial charge in [-0.05, 0) is 38.0 Å². The highest BCUT2D eigenvalue weighted by atomic mass is 32.1. The highest BCUT2D eigenvalue weighted by Crippen LogP contribution is 2.41. The van der Waals surface area contributed by atoms with Gasteiger partial charge in [-0.1, -0.05) is 48.5 Å². The van der Waals surface area contributed by atoms with E-state index < -0.39 is 29.7 Å². The topological polar surface area (TPSA) is 104 Å². The highest BCUT2D eigenvalue weighted by molar-refractivity contribution is 7.15. The lowest BCUT2D eigenvalue weighted by atomic mass is 9.75. The Morgan fingerprint density at radius 3 is 2.36 bits per heavy atom. The Kier molecular flexibility index (Phi) is 8.71. The Balaban J connectivity index is 1.82. The standard InChI is InChI=1S/C30H30N2O6S/c1-6-38-30(35)26-22(15-19-11-8-7-9-12-19)39-27(32-26)21-14-10-13-20(16-21)25-23(28(33)36-4)17(2)31-18(3)24(25)29(34)37-5/h7-14,16,23,25H,6,15H2,1-5H3. The van der Waals surface area contributed by atoms with E-state index in [0.29, 0.717) is 34.0 Å². The number of hydrogen-bond donors (Lipinski definition) is 0. The summed E-state index contributed by atoms with van der Waals surface area (Å²) >= 11 is 1.41. The molecule has 2 aromatic carbocycles. The normalized spacial score (nSPS) is 16.9. The first-order chi connectivity index (χ1) is 18.8. The Bertz CT molecular complexity index is 1460. The van der Waals surface area contributed by atoms with Gasteiger partial charge >= 0.3 is 17.9 Å². The van der Waals surface area contributed by atoms with Crippen LogP contribution < -0.4 is 0 Å². The molecular weight excluding hydrogens is 516 g/mol. The molecule has 0 N–H and O–H groups in total. The van der Waals surface area contributed by atoms with Crippen LogP contribution in [0.15, 0.2) is 70.9 Å². The zero-order valence-electron chi connectivity index (χ0n) is 22.5. The van der Waals surface area contributed by atoms with Crippen molar-refractivity contribution in [1.29, 1.82) is 0 Å². The van der Waals surface area contributed by atoms with Crippen molar-refractivity contribution in [3.8, 4) is 10.6 Å². The third-order valence-electron chi connectivity index (χ3n) is 6.56. The van der Waals surface area contributed by atoms with Crippen LogP contribution >= 0.6 is 11.3 Å². The minimum Gasteiger partial charge on any atom is -0.468 e. The van der Waals surface area contributed by atoms with Crippen molar-refractivity contribution in [3.05, 3.63) is 87.6 Å². The molecular formula is C30H30N2O6S. The maximum absolute atomic E-state index is 12.9. The number of allylic oxidation sites excluding steroid dienone is 1. The number of hydrogen-bond acceptors (Lipinski definition) is 9. The molecule has 3 aromatic rings. The van der Waals surface area contributed by atoms with E-state index in [1.807, 2.05) is 54.6 Å². The average molecular weight is 547 g/mol. The summed E-state index contributed by atoms with van der Waals surface area (Å²) in [6.07, 6.45) is 0.531. The molecule has 0 saturated heterocycles. The molecule has 8 nitrogen and oxygen atoms in total. The van der Waals surface area contributed by atoms with E-state index >= 15 is 0 Å². The van der Waals surface area contributed by atoms with E-state index in [9.17, 15) is 14.4 Å². The van der Waals surface area contributed by atoms with Crippen molar-refractivity contribution in [2.45, 2.75) is 33.1 Å². The van der Waals surface area contributed by atoms with Crippen LogP contribution in [-0.4, -0.2) is 49.4 Å². The smallest absolute Gasteiger partial charge is 0.358 e. The molecule has 202 valence electrons. The van der Waals surface area contributed by atoms with E-state index in [1.165, 1.54) is 25.6 Å². The lowest BCUT2D eigenvalue weighted by Crippen LogP contribution is -2.36. The van der Waals surface area contributed by atoms with Gasteiger partial charge in [0.1, 0.15) is 10.9 Å². The molecule has 2 unspecified atom stereocenters. The van der Waals surface area contributed by atoms with E-state index in [2.05, 4.69) is 9.98 Å². The molecule has 9 heteroatoms. The average Bonchev–Trinajstić information content (AvgIpc) is 3.36. The first kappa shape index (κ1) is 27.9. The lowest BCUT2D eigenvalue weighted by Gasteiger charge is -2.31. The number of thiazole rings is 1. The van der Waals surface area contributed by atoms with Crippen molar-refractivity contribution in [1.82, 2.24) is 4.98 Å². The summed E-state index contributed by atoms with van der Waals surface area (Å²) in [7, 11) is 2.61.